The molecule has 0 aromatic heterocycles. The summed E-state index contributed by atoms with van der Waals surface area (Å²) in [6.07, 6.45) is -1.52. The molecule has 0 radical (unpaired) electrons. The normalized spacial score (nSPS) is 15.2. The van der Waals surface area contributed by atoms with Crippen molar-refractivity contribution in [3.8, 4) is 5.75 Å². The van der Waals surface area contributed by atoms with E-state index in [1.165, 1.54) is 24.4 Å². The lowest BCUT2D eigenvalue weighted by Crippen LogP contribution is -2.39. The fraction of sp³-hybridized carbons (Fsp3) is 0.300. The third-order valence-corrected chi connectivity index (χ3v) is 8.35. The minimum absolute atomic E-state index is 0.0271. The van der Waals surface area contributed by atoms with Crippen molar-refractivity contribution in [1.29, 1.82) is 0 Å². The SMILES string of the molecule is Cc1ccc(S(=O)(=O)N(CC(=O)N/N=C\c2ccc(OCC(=O)NC[C@@H]3CCCO3)cc2)c2cccc(C(F)(F)F)c2)cc1. The van der Waals surface area contributed by atoms with Crippen LogP contribution in [0, 0.1) is 6.92 Å². The lowest BCUT2D eigenvalue weighted by molar-refractivity contribution is -0.137. The molecule has 0 spiro atoms. The van der Waals surface area contributed by atoms with Crippen LogP contribution in [0.1, 0.15) is 29.5 Å². The second-order valence-corrected chi connectivity index (χ2v) is 11.8. The number of hydrazone groups is 1. The summed E-state index contributed by atoms with van der Waals surface area (Å²) in [4.78, 5) is 24.5. The Kier molecular flexibility index (Phi) is 10.6. The monoisotopic (exact) mass is 632 g/mol. The van der Waals surface area contributed by atoms with Gasteiger partial charge in [0.2, 0.25) is 0 Å². The number of sulfonamides is 1. The maximum absolute atomic E-state index is 13.4. The first-order chi connectivity index (χ1) is 20.9. The van der Waals surface area contributed by atoms with Gasteiger partial charge >= 0.3 is 6.18 Å². The first-order valence-corrected chi connectivity index (χ1v) is 15.1. The Balaban J connectivity index is 1.38. The molecule has 1 heterocycles. The van der Waals surface area contributed by atoms with Crippen LogP contribution in [0.25, 0.3) is 0 Å². The van der Waals surface area contributed by atoms with Gasteiger partial charge in [0.15, 0.2) is 6.61 Å². The van der Waals surface area contributed by atoms with E-state index in [9.17, 15) is 31.2 Å². The number of halogens is 3. The van der Waals surface area contributed by atoms with Crippen molar-refractivity contribution in [3.63, 3.8) is 0 Å². The number of nitrogens with one attached hydrogen (secondary N) is 2. The molecule has 2 N–H and O–H groups in total. The van der Waals surface area contributed by atoms with Gasteiger partial charge < -0.3 is 14.8 Å². The number of rotatable bonds is 12. The van der Waals surface area contributed by atoms with Gasteiger partial charge in [-0.3, -0.25) is 13.9 Å². The predicted molar refractivity (Wildman–Crippen MR) is 157 cm³/mol. The summed E-state index contributed by atoms with van der Waals surface area (Å²) in [6.45, 7) is 1.87. The van der Waals surface area contributed by atoms with Gasteiger partial charge in [0.05, 0.1) is 28.5 Å². The highest BCUT2D eigenvalue weighted by Gasteiger charge is 2.33. The molecule has 14 heteroatoms. The quantitative estimate of drug-likeness (QED) is 0.229. The summed E-state index contributed by atoms with van der Waals surface area (Å²) in [6, 6.07) is 15.9. The van der Waals surface area contributed by atoms with Gasteiger partial charge in [0, 0.05) is 13.2 Å². The van der Waals surface area contributed by atoms with Gasteiger partial charge in [-0.2, -0.15) is 18.3 Å². The Bertz CT molecular complexity index is 1570. The van der Waals surface area contributed by atoms with Gasteiger partial charge in [-0.25, -0.2) is 13.8 Å². The second-order valence-electron chi connectivity index (χ2n) is 9.96. The third kappa shape index (κ3) is 9.04. The van der Waals surface area contributed by atoms with Gasteiger partial charge in [-0.1, -0.05) is 23.8 Å². The van der Waals surface area contributed by atoms with Crippen LogP contribution in [0.4, 0.5) is 18.9 Å². The Morgan fingerprint density at radius 1 is 1.07 bits per heavy atom. The van der Waals surface area contributed by atoms with Crippen LogP contribution in [0.15, 0.2) is 82.8 Å². The molecule has 1 saturated heterocycles. The van der Waals surface area contributed by atoms with Gasteiger partial charge in [0.25, 0.3) is 21.8 Å². The van der Waals surface area contributed by atoms with Crippen LogP contribution in [0.3, 0.4) is 0 Å². The van der Waals surface area contributed by atoms with E-state index in [1.807, 2.05) is 0 Å². The number of hydrogen-bond acceptors (Lipinski definition) is 7. The van der Waals surface area contributed by atoms with E-state index in [0.29, 0.717) is 34.8 Å². The standard InChI is InChI=1S/C30H31F3N4O6S/c1-21-7-13-27(14-8-21)44(40,41)37(24-5-2-4-23(16-24)30(31,32)33)19-28(38)36-35-17-22-9-11-25(12-10-22)43-20-29(39)34-18-26-6-3-15-42-26/h2,4-5,7-14,16-17,26H,3,6,15,18-20H2,1H3,(H,34,39)(H,36,38)/b35-17-/t26-/m0/s1. The van der Waals surface area contributed by atoms with Crippen molar-refractivity contribution in [1.82, 2.24) is 10.7 Å². The number of anilines is 1. The minimum Gasteiger partial charge on any atom is -0.484 e. The molecule has 0 aliphatic carbocycles. The molecule has 0 unspecified atom stereocenters. The number of nitrogens with zero attached hydrogens (tertiary/aromatic N) is 2. The van der Waals surface area contributed by atoms with Crippen LogP contribution in [-0.4, -0.2) is 58.9 Å². The van der Waals surface area contributed by atoms with E-state index in [4.69, 9.17) is 9.47 Å². The fourth-order valence-corrected chi connectivity index (χ4v) is 5.63. The molecule has 2 amide bonds. The molecule has 3 aromatic rings. The average Bonchev–Trinajstić information content (AvgIpc) is 3.52. The van der Waals surface area contributed by atoms with E-state index in [2.05, 4.69) is 15.8 Å². The zero-order valence-electron chi connectivity index (χ0n) is 23.7. The molecule has 3 aromatic carbocycles. The number of benzene rings is 3. The summed E-state index contributed by atoms with van der Waals surface area (Å²) < 4.78 is 78.5. The maximum Gasteiger partial charge on any atom is 0.416 e. The first-order valence-electron chi connectivity index (χ1n) is 13.6. The van der Waals surface area contributed by atoms with E-state index in [-0.39, 0.29) is 29.2 Å². The van der Waals surface area contributed by atoms with E-state index in [1.54, 1.807) is 43.3 Å². The van der Waals surface area contributed by atoms with Crippen molar-refractivity contribution < 1.29 is 40.7 Å². The van der Waals surface area contributed by atoms with Crippen molar-refractivity contribution in [2.24, 2.45) is 5.10 Å². The number of alkyl halides is 3. The largest absolute Gasteiger partial charge is 0.484 e. The Morgan fingerprint density at radius 2 is 1.80 bits per heavy atom. The Morgan fingerprint density at radius 3 is 2.45 bits per heavy atom. The summed E-state index contributed by atoms with van der Waals surface area (Å²) >= 11 is 0. The zero-order chi connectivity index (χ0) is 31.7. The van der Waals surface area contributed by atoms with Crippen molar-refractivity contribution in [2.75, 3.05) is 30.6 Å². The number of ether oxygens (including phenoxy) is 2. The molecule has 234 valence electrons. The molecule has 0 saturated carbocycles. The van der Waals surface area contributed by atoms with Gasteiger partial charge in [-0.05, 0) is 79.9 Å². The molecule has 1 aliphatic heterocycles. The highest BCUT2D eigenvalue weighted by Crippen LogP contribution is 2.33. The molecule has 1 fully saturated rings. The van der Waals surface area contributed by atoms with E-state index in [0.717, 1.165) is 30.5 Å². The predicted octanol–water partition coefficient (Wildman–Crippen LogP) is 4.03. The first kappa shape index (κ1) is 32.5. The highest BCUT2D eigenvalue weighted by molar-refractivity contribution is 7.92. The minimum atomic E-state index is -4.72. The Hall–Kier alpha value is -4.43. The fourth-order valence-electron chi connectivity index (χ4n) is 4.22. The molecular formula is C30H31F3N4O6S. The molecule has 44 heavy (non-hydrogen) atoms. The Labute approximate surface area is 252 Å². The molecule has 1 aliphatic rings. The van der Waals surface area contributed by atoms with E-state index < -0.39 is 34.2 Å². The third-order valence-electron chi connectivity index (χ3n) is 6.56. The van der Waals surface area contributed by atoms with Crippen molar-refractivity contribution in [3.05, 3.63) is 89.5 Å². The molecule has 10 nitrogen and oxygen atoms in total. The number of aryl methyl sites for hydroxylation is 1. The maximum atomic E-state index is 13.4. The highest BCUT2D eigenvalue weighted by atomic mass is 32.2. The molecule has 0 bridgehead atoms. The number of hydrogen-bond donors (Lipinski definition) is 2. The van der Waals surface area contributed by atoms with Crippen LogP contribution >= 0.6 is 0 Å². The number of carbonyl (C=O) groups is 2. The van der Waals surface area contributed by atoms with Crippen molar-refractivity contribution in [2.45, 2.75) is 36.9 Å². The van der Waals surface area contributed by atoms with E-state index >= 15 is 0 Å². The molecule has 4 rings (SSSR count). The van der Waals surface area contributed by atoms with Crippen LogP contribution in [-0.2, 0) is 30.5 Å². The van der Waals surface area contributed by atoms with Crippen LogP contribution < -0.4 is 19.8 Å². The lowest BCUT2D eigenvalue weighted by Gasteiger charge is -2.24. The number of amides is 2. The average molecular weight is 633 g/mol. The second kappa shape index (κ2) is 14.4. The molecule has 1 atom stereocenters. The summed E-state index contributed by atoms with van der Waals surface area (Å²) in [5.41, 5.74) is 2.12. The van der Waals surface area contributed by atoms with Crippen molar-refractivity contribution >= 4 is 33.7 Å². The lowest BCUT2D eigenvalue weighted by atomic mass is 10.2. The smallest absolute Gasteiger partial charge is 0.416 e. The topological polar surface area (TPSA) is 126 Å². The summed E-state index contributed by atoms with van der Waals surface area (Å²) in [5.74, 6) is -0.739. The van der Waals surface area contributed by atoms with Gasteiger partial charge in [0.1, 0.15) is 12.3 Å². The van der Waals surface area contributed by atoms with Crippen LogP contribution in [0.2, 0.25) is 0 Å². The zero-order valence-corrected chi connectivity index (χ0v) is 24.5. The van der Waals surface area contributed by atoms with Gasteiger partial charge in [-0.15, -0.1) is 0 Å². The number of carbonyl (C=O) groups excluding carboxylic acids is 2. The molecular weight excluding hydrogens is 601 g/mol. The van der Waals surface area contributed by atoms with Crippen LogP contribution in [0.5, 0.6) is 5.75 Å². The summed E-state index contributed by atoms with van der Waals surface area (Å²) in [7, 11) is -4.43. The summed E-state index contributed by atoms with van der Waals surface area (Å²) in [5, 5.41) is 6.59.